The molecule has 0 aromatic heterocycles. The molecule has 10 heavy (non-hydrogen) atoms. The molecular formula is C8H9NS. The third-order valence-electron chi connectivity index (χ3n) is 1.70. The van der Waals surface area contributed by atoms with Crippen molar-refractivity contribution < 1.29 is 0 Å². The van der Waals surface area contributed by atoms with Gasteiger partial charge in [-0.05, 0) is 22.0 Å². The van der Waals surface area contributed by atoms with Crippen LogP contribution in [0.3, 0.4) is 0 Å². The molecule has 0 saturated carbocycles. The summed E-state index contributed by atoms with van der Waals surface area (Å²) in [6.07, 6.45) is 5.41. The molecule has 2 heteroatoms. The third-order valence-corrected chi connectivity index (χ3v) is 2.66. The standard InChI is InChI=1S/C8H9NS/c1-9-7-3-2-4-10-8-5-6(7)8/h2-4,9H,5H2,1H3. The maximum absolute atomic E-state index is 3.17. The summed E-state index contributed by atoms with van der Waals surface area (Å²) in [5, 5.41) is 5.31. The van der Waals surface area contributed by atoms with Crippen molar-refractivity contribution in [2.45, 2.75) is 6.42 Å². The average molecular weight is 151 g/mol. The predicted octanol–water partition coefficient (Wildman–Crippen LogP) is 2.01. The van der Waals surface area contributed by atoms with Gasteiger partial charge in [0, 0.05) is 19.2 Å². The molecule has 0 saturated heterocycles. The Morgan fingerprint density at radius 1 is 1.60 bits per heavy atom. The van der Waals surface area contributed by atoms with Crippen molar-refractivity contribution in [2.24, 2.45) is 0 Å². The van der Waals surface area contributed by atoms with Crippen LogP contribution in [-0.2, 0) is 0 Å². The first-order chi connectivity index (χ1) is 4.92. The Kier molecular flexibility index (Phi) is 1.34. The fourth-order valence-corrected chi connectivity index (χ4v) is 1.87. The van der Waals surface area contributed by atoms with Crippen LogP contribution < -0.4 is 5.32 Å². The van der Waals surface area contributed by atoms with Crippen LogP contribution in [0.15, 0.2) is 33.7 Å². The van der Waals surface area contributed by atoms with Crippen LogP contribution in [0.1, 0.15) is 6.42 Å². The highest BCUT2D eigenvalue weighted by Gasteiger charge is 2.24. The molecule has 0 aromatic rings. The summed E-state index contributed by atoms with van der Waals surface area (Å²) in [6.45, 7) is 0. The van der Waals surface area contributed by atoms with Crippen LogP contribution in [0.25, 0.3) is 0 Å². The zero-order valence-electron chi connectivity index (χ0n) is 5.85. The van der Waals surface area contributed by atoms with Crippen molar-refractivity contribution in [3.8, 4) is 0 Å². The van der Waals surface area contributed by atoms with Crippen LogP contribution in [0.2, 0.25) is 0 Å². The summed E-state index contributed by atoms with van der Waals surface area (Å²) in [5.74, 6) is 0. The van der Waals surface area contributed by atoms with Gasteiger partial charge in [0.25, 0.3) is 0 Å². The van der Waals surface area contributed by atoms with E-state index in [1.807, 2.05) is 18.8 Å². The monoisotopic (exact) mass is 151 g/mol. The Morgan fingerprint density at radius 2 is 2.50 bits per heavy atom. The van der Waals surface area contributed by atoms with E-state index in [9.17, 15) is 0 Å². The summed E-state index contributed by atoms with van der Waals surface area (Å²) >= 11 is 1.84. The Labute approximate surface area is 64.9 Å². The van der Waals surface area contributed by atoms with Gasteiger partial charge in [-0.3, -0.25) is 0 Å². The van der Waals surface area contributed by atoms with Crippen molar-refractivity contribution >= 4 is 11.8 Å². The average Bonchev–Trinajstić information content (AvgIpc) is 2.63. The highest BCUT2D eigenvalue weighted by Crippen LogP contribution is 2.45. The smallest absolute Gasteiger partial charge is 0.0382 e. The molecule has 0 radical (unpaired) electrons. The minimum absolute atomic E-state index is 1.20. The van der Waals surface area contributed by atoms with Gasteiger partial charge < -0.3 is 5.32 Å². The van der Waals surface area contributed by atoms with Gasteiger partial charge in [-0.1, -0.05) is 6.08 Å². The predicted molar refractivity (Wildman–Crippen MR) is 45.5 cm³/mol. The molecule has 0 unspecified atom stereocenters. The van der Waals surface area contributed by atoms with Crippen molar-refractivity contribution in [3.63, 3.8) is 0 Å². The summed E-state index contributed by atoms with van der Waals surface area (Å²) in [6, 6.07) is 0. The first-order valence-corrected chi connectivity index (χ1v) is 4.23. The summed E-state index contributed by atoms with van der Waals surface area (Å²) in [5.41, 5.74) is 2.79. The molecule has 0 atom stereocenters. The molecule has 1 nitrogen and oxygen atoms in total. The fourth-order valence-electron chi connectivity index (χ4n) is 1.07. The van der Waals surface area contributed by atoms with Gasteiger partial charge in [-0.2, -0.15) is 0 Å². The SMILES string of the molecule is CNC1=CC=CSC2=C1C2. The molecule has 1 heterocycles. The quantitative estimate of drug-likeness (QED) is 0.615. The maximum Gasteiger partial charge on any atom is 0.0382 e. The fraction of sp³-hybridized carbons (Fsp3) is 0.250. The minimum atomic E-state index is 1.20. The summed E-state index contributed by atoms with van der Waals surface area (Å²) in [4.78, 5) is 1.52. The van der Waals surface area contributed by atoms with Crippen LogP contribution in [0.5, 0.6) is 0 Å². The third kappa shape index (κ3) is 0.886. The lowest BCUT2D eigenvalue weighted by Gasteiger charge is -1.97. The molecule has 0 bridgehead atoms. The van der Waals surface area contributed by atoms with Gasteiger partial charge in [-0.25, -0.2) is 0 Å². The number of nitrogens with one attached hydrogen (secondary N) is 1. The van der Waals surface area contributed by atoms with E-state index in [1.165, 1.54) is 22.6 Å². The molecule has 1 aliphatic carbocycles. The second-order valence-electron chi connectivity index (χ2n) is 2.36. The van der Waals surface area contributed by atoms with Gasteiger partial charge in [0.1, 0.15) is 0 Å². The molecule has 1 aliphatic heterocycles. The highest BCUT2D eigenvalue weighted by atomic mass is 32.2. The molecule has 2 rings (SSSR count). The summed E-state index contributed by atoms with van der Waals surface area (Å²) in [7, 11) is 1.97. The van der Waals surface area contributed by atoms with E-state index in [0.717, 1.165) is 0 Å². The number of thioether (sulfide) groups is 1. The molecule has 2 aliphatic rings. The molecule has 0 fully saturated rings. The first kappa shape index (κ1) is 6.10. The van der Waals surface area contributed by atoms with Crippen LogP contribution >= 0.6 is 11.8 Å². The molecule has 1 N–H and O–H groups in total. The van der Waals surface area contributed by atoms with Crippen molar-refractivity contribution in [2.75, 3.05) is 7.05 Å². The topological polar surface area (TPSA) is 12.0 Å². The first-order valence-electron chi connectivity index (χ1n) is 3.35. The van der Waals surface area contributed by atoms with E-state index in [4.69, 9.17) is 0 Å². The van der Waals surface area contributed by atoms with Crippen molar-refractivity contribution in [1.82, 2.24) is 5.32 Å². The molecule has 0 amide bonds. The van der Waals surface area contributed by atoms with E-state index >= 15 is 0 Å². The van der Waals surface area contributed by atoms with Gasteiger partial charge in [0.2, 0.25) is 0 Å². The number of hydrogen-bond acceptors (Lipinski definition) is 2. The molecular weight excluding hydrogens is 142 g/mol. The van der Waals surface area contributed by atoms with Gasteiger partial charge >= 0.3 is 0 Å². The molecule has 52 valence electrons. The zero-order valence-corrected chi connectivity index (χ0v) is 6.66. The van der Waals surface area contributed by atoms with E-state index < -0.39 is 0 Å². The number of allylic oxidation sites excluding steroid dienone is 4. The van der Waals surface area contributed by atoms with E-state index in [0.29, 0.717) is 0 Å². The summed E-state index contributed by atoms with van der Waals surface area (Å²) < 4.78 is 0. The van der Waals surface area contributed by atoms with Gasteiger partial charge in [0.05, 0.1) is 0 Å². The Hall–Kier alpha value is -0.630. The normalized spacial score (nSPS) is 21.5. The second-order valence-corrected chi connectivity index (χ2v) is 3.36. The Balaban J connectivity index is 2.28. The second kappa shape index (κ2) is 2.20. The largest absolute Gasteiger partial charge is 0.388 e. The minimum Gasteiger partial charge on any atom is -0.388 e. The van der Waals surface area contributed by atoms with Crippen LogP contribution in [-0.4, -0.2) is 7.05 Å². The van der Waals surface area contributed by atoms with E-state index in [2.05, 4.69) is 22.9 Å². The maximum atomic E-state index is 3.17. The highest BCUT2D eigenvalue weighted by molar-refractivity contribution is 8.06. The number of rotatable bonds is 1. The van der Waals surface area contributed by atoms with Gasteiger partial charge in [-0.15, -0.1) is 11.8 Å². The number of likely N-dealkylation sites (N-methyl/N-ethyl adjacent to an activating group) is 1. The van der Waals surface area contributed by atoms with Gasteiger partial charge in [0.15, 0.2) is 0 Å². The lowest BCUT2D eigenvalue weighted by molar-refractivity contribution is 1.01. The van der Waals surface area contributed by atoms with Crippen molar-refractivity contribution in [1.29, 1.82) is 0 Å². The van der Waals surface area contributed by atoms with Crippen LogP contribution in [0.4, 0.5) is 0 Å². The van der Waals surface area contributed by atoms with E-state index in [-0.39, 0.29) is 0 Å². The lowest BCUT2D eigenvalue weighted by atomic mass is 10.3. The number of hydrogen-bond donors (Lipinski definition) is 1. The lowest BCUT2D eigenvalue weighted by Crippen LogP contribution is -2.03. The Morgan fingerprint density at radius 3 is 3.30 bits per heavy atom. The van der Waals surface area contributed by atoms with Crippen LogP contribution in [0, 0.1) is 0 Å². The zero-order chi connectivity index (χ0) is 6.97. The Bertz CT molecular complexity index is 248. The van der Waals surface area contributed by atoms with E-state index in [1.54, 1.807) is 0 Å². The molecule has 0 aromatic carbocycles. The molecule has 0 spiro atoms. The van der Waals surface area contributed by atoms with Crippen molar-refractivity contribution in [3.05, 3.63) is 33.7 Å².